The van der Waals surface area contributed by atoms with Crippen LogP contribution in [-0.4, -0.2) is 57.6 Å². The minimum Gasteiger partial charge on any atom is -0.339 e. The van der Waals surface area contributed by atoms with Crippen molar-refractivity contribution in [2.45, 2.75) is 20.8 Å². The van der Waals surface area contributed by atoms with E-state index in [0.717, 1.165) is 16.8 Å². The number of carbonyl (C=O) groups is 2. The molecule has 2 amide bonds. The fraction of sp³-hybridized carbons (Fsp3) is 0.292. The van der Waals surface area contributed by atoms with Crippen molar-refractivity contribution < 1.29 is 9.59 Å². The zero-order valence-corrected chi connectivity index (χ0v) is 17.6. The molecule has 154 valence electrons. The maximum atomic E-state index is 13.4. The number of hydrogen-bond donors (Lipinski definition) is 0. The highest BCUT2D eigenvalue weighted by molar-refractivity contribution is 6.00. The van der Waals surface area contributed by atoms with E-state index >= 15 is 0 Å². The normalized spacial score (nSPS) is 14.1. The minimum atomic E-state index is -0.0476. The molecule has 2 aromatic carbocycles. The topological polar surface area (TPSA) is 58.4 Å². The van der Waals surface area contributed by atoms with Gasteiger partial charge in [0.2, 0.25) is 5.91 Å². The molecule has 2 heterocycles. The molecule has 0 spiro atoms. The second-order valence-electron chi connectivity index (χ2n) is 7.77. The van der Waals surface area contributed by atoms with E-state index in [0.29, 0.717) is 37.4 Å². The zero-order valence-electron chi connectivity index (χ0n) is 17.6. The highest BCUT2D eigenvalue weighted by Crippen LogP contribution is 2.27. The summed E-state index contributed by atoms with van der Waals surface area (Å²) in [5, 5.41) is 4.79. The van der Waals surface area contributed by atoms with Crippen LogP contribution in [0.15, 0.2) is 54.7 Å². The van der Waals surface area contributed by atoms with Crippen LogP contribution in [0.2, 0.25) is 0 Å². The molecule has 1 aliphatic rings. The lowest BCUT2D eigenvalue weighted by atomic mass is 10.0. The van der Waals surface area contributed by atoms with Gasteiger partial charge >= 0.3 is 0 Å². The molecular weight excluding hydrogens is 376 g/mol. The lowest BCUT2D eigenvalue weighted by molar-refractivity contribution is -0.130. The van der Waals surface area contributed by atoms with Gasteiger partial charge in [0.1, 0.15) is 5.69 Å². The largest absolute Gasteiger partial charge is 0.339 e. The molecule has 4 rings (SSSR count). The third-order valence-corrected chi connectivity index (χ3v) is 5.76. The molecule has 1 aromatic heterocycles. The Morgan fingerprint density at radius 1 is 0.867 bits per heavy atom. The molecule has 1 fully saturated rings. The number of amides is 2. The van der Waals surface area contributed by atoms with Gasteiger partial charge in [-0.25, -0.2) is 4.68 Å². The smallest absolute Gasteiger partial charge is 0.257 e. The lowest BCUT2D eigenvalue weighted by Crippen LogP contribution is -2.50. The molecule has 1 aliphatic heterocycles. The average molecular weight is 402 g/mol. The number of piperazine rings is 1. The predicted octanol–water partition coefficient (Wildman–Crippen LogP) is 3.46. The molecule has 0 atom stereocenters. The Balaban J connectivity index is 1.72. The number of carbonyl (C=O) groups excluding carboxylic acids is 2. The van der Waals surface area contributed by atoms with Crippen molar-refractivity contribution in [3.63, 3.8) is 0 Å². The first-order valence-corrected chi connectivity index (χ1v) is 10.2. The van der Waals surface area contributed by atoms with Crippen molar-refractivity contribution in [3.8, 4) is 16.9 Å². The van der Waals surface area contributed by atoms with E-state index in [1.807, 2.05) is 47.5 Å². The first kappa shape index (κ1) is 19.9. The summed E-state index contributed by atoms with van der Waals surface area (Å²) in [6.07, 6.45) is 1.82. The molecular formula is C24H26N4O2. The Kier molecular flexibility index (Phi) is 5.40. The van der Waals surface area contributed by atoms with Gasteiger partial charge in [0, 0.05) is 44.9 Å². The first-order valence-electron chi connectivity index (χ1n) is 10.2. The number of rotatable bonds is 3. The number of nitrogens with zero attached hydrogens (tertiary/aromatic N) is 4. The third-order valence-electron chi connectivity index (χ3n) is 5.76. The quantitative estimate of drug-likeness (QED) is 0.674. The molecule has 6 nitrogen and oxygen atoms in total. The van der Waals surface area contributed by atoms with E-state index in [-0.39, 0.29) is 11.8 Å². The molecule has 3 aromatic rings. The van der Waals surface area contributed by atoms with Crippen molar-refractivity contribution in [3.05, 3.63) is 71.4 Å². The summed E-state index contributed by atoms with van der Waals surface area (Å²) in [4.78, 5) is 28.6. The Hall–Kier alpha value is -3.41. The molecule has 0 bridgehead atoms. The molecule has 0 saturated carbocycles. The summed E-state index contributed by atoms with van der Waals surface area (Å²) in [6.45, 7) is 7.89. The summed E-state index contributed by atoms with van der Waals surface area (Å²) >= 11 is 0. The van der Waals surface area contributed by atoms with Gasteiger partial charge in [-0.05, 0) is 43.2 Å². The van der Waals surface area contributed by atoms with E-state index < -0.39 is 0 Å². The second-order valence-corrected chi connectivity index (χ2v) is 7.77. The summed E-state index contributed by atoms with van der Waals surface area (Å²) in [6, 6.07) is 16.0. The van der Waals surface area contributed by atoms with Gasteiger partial charge in [-0.2, -0.15) is 5.10 Å². The Morgan fingerprint density at radius 2 is 1.53 bits per heavy atom. The fourth-order valence-electron chi connectivity index (χ4n) is 3.74. The maximum absolute atomic E-state index is 13.4. The van der Waals surface area contributed by atoms with Gasteiger partial charge in [0.05, 0.1) is 11.3 Å². The first-order chi connectivity index (χ1) is 14.4. The highest BCUT2D eigenvalue weighted by Gasteiger charge is 2.27. The van der Waals surface area contributed by atoms with E-state index in [1.165, 1.54) is 5.56 Å². The van der Waals surface area contributed by atoms with Gasteiger partial charge < -0.3 is 9.80 Å². The van der Waals surface area contributed by atoms with Gasteiger partial charge in [0.25, 0.3) is 5.91 Å². The molecule has 30 heavy (non-hydrogen) atoms. The van der Waals surface area contributed by atoms with Crippen LogP contribution in [0.4, 0.5) is 0 Å². The Morgan fingerprint density at radius 3 is 2.17 bits per heavy atom. The predicted molar refractivity (Wildman–Crippen MR) is 117 cm³/mol. The average Bonchev–Trinajstić information content (AvgIpc) is 3.21. The van der Waals surface area contributed by atoms with Crippen LogP contribution in [0, 0.1) is 13.8 Å². The van der Waals surface area contributed by atoms with Crippen LogP contribution in [0.5, 0.6) is 0 Å². The number of aromatic nitrogens is 2. The zero-order chi connectivity index (χ0) is 21.3. The van der Waals surface area contributed by atoms with Crippen molar-refractivity contribution in [1.82, 2.24) is 19.6 Å². The second kappa shape index (κ2) is 8.14. The fourth-order valence-corrected chi connectivity index (χ4v) is 3.74. The molecule has 0 aliphatic carbocycles. The number of para-hydroxylation sites is 1. The van der Waals surface area contributed by atoms with Crippen molar-refractivity contribution in [2.75, 3.05) is 26.2 Å². The number of hydrogen-bond acceptors (Lipinski definition) is 3. The van der Waals surface area contributed by atoms with Crippen LogP contribution in [0.25, 0.3) is 16.9 Å². The third kappa shape index (κ3) is 3.85. The van der Waals surface area contributed by atoms with Crippen LogP contribution in [0.1, 0.15) is 28.4 Å². The van der Waals surface area contributed by atoms with E-state index in [9.17, 15) is 9.59 Å². The number of benzene rings is 2. The molecule has 0 radical (unpaired) electrons. The Labute approximate surface area is 176 Å². The van der Waals surface area contributed by atoms with E-state index in [2.05, 4.69) is 26.0 Å². The van der Waals surface area contributed by atoms with Gasteiger partial charge in [-0.15, -0.1) is 0 Å². The van der Waals surface area contributed by atoms with Crippen molar-refractivity contribution in [1.29, 1.82) is 0 Å². The summed E-state index contributed by atoms with van der Waals surface area (Å²) < 4.78 is 1.77. The Bertz CT molecular complexity index is 1080. The van der Waals surface area contributed by atoms with Crippen molar-refractivity contribution in [2.24, 2.45) is 0 Å². The van der Waals surface area contributed by atoms with Gasteiger partial charge in [0.15, 0.2) is 0 Å². The summed E-state index contributed by atoms with van der Waals surface area (Å²) in [7, 11) is 0. The van der Waals surface area contributed by atoms with Crippen molar-refractivity contribution >= 4 is 11.8 Å². The van der Waals surface area contributed by atoms with Crippen LogP contribution in [0.3, 0.4) is 0 Å². The highest BCUT2D eigenvalue weighted by atomic mass is 16.2. The van der Waals surface area contributed by atoms with Crippen LogP contribution >= 0.6 is 0 Å². The van der Waals surface area contributed by atoms with Gasteiger partial charge in [-0.1, -0.05) is 30.3 Å². The van der Waals surface area contributed by atoms with E-state index in [4.69, 9.17) is 5.10 Å². The number of aryl methyl sites for hydroxylation is 2. The minimum absolute atomic E-state index is 0.0476. The van der Waals surface area contributed by atoms with Crippen LogP contribution in [-0.2, 0) is 4.79 Å². The maximum Gasteiger partial charge on any atom is 0.257 e. The standard InChI is InChI=1S/C24H26N4O2/c1-17-9-10-20(15-18(17)2)23-22(16-28(25-23)21-7-5-4-6-8-21)24(30)27-13-11-26(12-14-27)19(3)29/h4-10,15-16H,11-14H2,1-3H3. The summed E-state index contributed by atoms with van der Waals surface area (Å²) in [5.74, 6) is 0.00317. The molecule has 0 N–H and O–H groups in total. The summed E-state index contributed by atoms with van der Waals surface area (Å²) in [5.41, 5.74) is 5.46. The molecule has 6 heteroatoms. The molecule has 0 unspecified atom stereocenters. The van der Waals surface area contributed by atoms with Gasteiger partial charge in [-0.3, -0.25) is 9.59 Å². The SMILES string of the molecule is CC(=O)N1CCN(C(=O)c2cn(-c3ccccc3)nc2-c2ccc(C)c(C)c2)CC1. The molecule has 1 saturated heterocycles. The van der Waals surface area contributed by atoms with E-state index in [1.54, 1.807) is 16.5 Å². The lowest BCUT2D eigenvalue weighted by Gasteiger charge is -2.34. The van der Waals surface area contributed by atoms with Crippen LogP contribution < -0.4 is 0 Å². The monoisotopic (exact) mass is 402 g/mol.